The first-order chi connectivity index (χ1) is 8.88. The van der Waals surface area contributed by atoms with Gasteiger partial charge in [0.25, 0.3) is 10.0 Å². The minimum Gasteiger partial charge on any atom is -0.279 e. The Kier molecular flexibility index (Phi) is 3.73. The highest BCUT2D eigenvalue weighted by atomic mass is 35.5. The lowest BCUT2D eigenvalue weighted by Crippen LogP contribution is -2.13. The van der Waals surface area contributed by atoms with Gasteiger partial charge in [-0.05, 0) is 37.3 Å². The highest BCUT2D eigenvalue weighted by Gasteiger charge is 2.18. The van der Waals surface area contributed by atoms with Crippen LogP contribution in [0.3, 0.4) is 0 Å². The summed E-state index contributed by atoms with van der Waals surface area (Å²) in [7, 11) is -3.85. The van der Waals surface area contributed by atoms with Crippen molar-refractivity contribution in [2.45, 2.75) is 11.8 Å². The fourth-order valence-corrected chi connectivity index (χ4v) is 3.09. The number of nitrogens with zero attached hydrogens (tertiary/aromatic N) is 1. The number of halogens is 2. The quantitative estimate of drug-likeness (QED) is 0.948. The molecule has 0 radical (unpaired) electrons. The van der Waals surface area contributed by atoms with Gasteiger partial charge in [0.05, 0.1) is 10.7 Å². The van der Waals surface area contributed by atoms with E-state index in [2.05, 4.69) is 9.71 Å². The molecule has 0 amide bonds. The smallest absolute Gasteiger partial charge is 0.263 e. The number of hydrogen-bond acceptors (Lipinski definition) is 3. The van der Waals surface area contributed by atoms with Gasteiger partial charge in [0.2, 0.25) is 0 Å². The Morgan fingerprint density at radius 2 is 2.00 bits per heavy atom. The van der Waals surface area contributed by atoms with Crippen LogP contribution in [0.1, 0.15) is 5.69 Å². The van der Waals surface area contributed by atoms with Crippen molar-refractivity contribution in [1.82, 2.24) is 4.98 Å². The SMILES string of the molecule is Cc1cc(NS(=O)(=O)c2ccc(F)cc2Cl)ccn1. The van der Waals surface area contributed by atoms with Gasteiger partial charge in [-0.15, -0.1) is 0 Å². The molecule has 1 aromatic heterocycles. The second-order valence-electron chi connectivity index (χ2n) is 3.87. The topological polar surface area (TPSA) is 59.1 Å². The van der Waals surface area contributed by atoms with Crippen LogP contribution in [0.2, 0.25) is 5.02 Å². The Labute approximate surface area is 115 Å². The Balaban J connectivity index is 2.38. The van der Waals surface area contributed by atoms with Crippen molar-refractivity contribution in [3.63, 3.8) is 0 Å². The third-order valence-electron chi connectivity index (χ3n) is 2.33. The molecule has 0 fully saturated rings. The molecule has 0 saturated heterocycles. The van der Waals surface area contributed by atoms with E-state index < -0.39 is 15.8 Å². The third kappa shape index (κ3) is 3.21. The number of rotatable bonds is 3. The molecule has 0 atom stereocenters. The number of nitrogens with one attached hydrogen (secondary N) is 1. The van der Waals surface area contributed by atoms with E-state index in [0.29, 0.717) is 11.4 Å². The molecule has 1 heterocycles. The number of aromatic nitrogens is 1. The van der Waals surface area contributed by atoms with E-state index >= 15 is 0 Å². The Bertz CT molecular complexity index is 719. The fraction of sp³-hybridized carbons (Fsp3) is 0.0833. The lowest BCUT2D eigenvalue weighted by Gasteiger charge is -2.09. The molecule has 0 aliphatic rings. The first kappa shape index (κ1) is 13.8. The van der Waals surface area contributed by atoms with Crippen LogP contribution in [0, 0.1) is 12.7 Å². The Morgan fingerprint density at radius 1 is 1.26 bits per heavy atom. The molecule has 0 spiro atoms. The number of anilines is 1. The lowest BCUT2D eigenvalue weighted by atomic mass is 10.3. The summed E-state index contributed by atoms with van der Waals surface area (Å²) in [5.74, 6) is -0.594. The van der Waals surface area contributed by atoms with E-state index in [1.54, 1.807) is 13.0 Å². The number of pyridine rings is 1. The van der Waals surface area contributed by atoms with Crippen molar-refractivity contribution in [1.29, 1.82) is 0 Å². The molecule has 0 aliphatic heterocycles. The minimum absolute atomic E-state index is 0.168. The zero-order valence-corrected chi connectivity index (χ0v) is 11.5. The van der Waals surface area contributed by atoms with E-state index in [0.717, 1.165) is 18.2 Å². The van der Waals surface area contributed by atoms with Crippen LogP contribution >= 0.6 is 11.6 Å². The lowest BCUT2D eigenvalue weighted by molar-refractivity contribution is 0.600. The predicted octanol–water partition coefficient (Wildman–Crippen LogP) is 2.98. The first-order valence-corrected chi connectivity index (χ1v) is 7.15. The van der Waals surface area contributed by atoms with Crippen LogP contribution in [0.4, 0.5) is 10.1 Å². The molecule has 100 valence electrons. The molecular weight excluding hydrogens is 291 g/mol. The van der Waals surface area contributed by atoms with Crippen molar-refractivity contribution >= 4 is 27.3 Å². The van der Waals surface area contributed by atoms with Crippen molar-refractivity contribution in [2.24, 2.45) is 0 Å². The number of hydrogen-bond donors (Lipinski definition) is 1. The van der Waals surface area contributed by atoms with Crippen LogP contribution < -0.4 is 4.72 Å². The summed E-state index contributed by atoms with van der Waals surface area (Å²) in [6, 6.07) is 6.21. The van der Waals surface area contributed by atoms with E-state index in [1.807, 2.05) is 0 Å². The first-order valence-electron chi connectivity index (χ1n) is 5.29. The minimum atomic E-state index is -3.85. The normalized spacial score (nSPS) is 11.3. The van der Waals surface area contributed by atoms with E-state index in [-0.39, 0.29) is 9.92 Å². The average molecular weight is 301 g/mol. The van der Waals surface area contributed by atoms with Gasteiger partial charge in [0.1, 0.15) is 10.7 Å². The molecule has 7 heteroatoms. The van der Waals surface area contributed by atoms with Crippen LogP contribution in [0.5, 0.6) is 0 Å². The van der Waals surface area contributed by atoms with Crippen LogP contribution in [0.25, 0.3) is 0 Å². The maximum Gasteiger partial charge on any atom is 0.263 e. The number of aryl methyl sites for hydroxylation is 1. The predicted molar refractivity (Wildman–Crippen MR) is 71.2 cm³/mol. The van der Waals surface area contributed by atoms with Crippen molar-refractivity contribution < 1.29 is 12.8 Å². The summed E-state index contributed by atoms with van der Waals surface area (Å²) < 4.78 is 39.5. The molecular formula is C12H10ClFN2O2S. The van der Waals surface area contributed by atoms with Gasteiger partial charge in [-0.1, -0.05) is 11.6 Å². The number of benzene rings is 1. The second kappa shape index (κ2) is 5.14. The van der Waals surface area contributed by atoms with E-state index in [9.17, 15) is 12.8 Å². The summed E-state index contributed by atoms with van der Waals surface area (Å²) >= 11 is 5.74. The van der Waals surface area contributed by atoms with Gasteiger partial charge in [-0.3, -0.25) is 9.71 Å². The van der Waals surface area contributed by atoms with Gasteiger partial charge in [0.15, 0.2) is 0 Å². The summed E-state index contributed by atoms with van der Waals surface area (Å²) in [5.41, 5.74) is 1.04. The maximum absolute atomic E-state index is 12.9. The molecule has 0 aliphatic carbocycles. The molecule has 1 aromatic carbocycles. The molecule has 2 aromatic rings. The maximum atomic E-state index is 12.9. The van der Waals surface area contributed by atoms with Crippen molar-refractivity contribution in [3.05, 3.63) is 53.1 Å². The fourth-order valence-electron chi connectivity index (χ4n) is 1.51. The van der Waals surface area contributed by atoms with Crippen LogP contribution in [-0.4, -0.2) is 13.4 Å². The molecule has 4 nitrogen and oxygen atoms in total. The zero-order chi connectivity index (χ0) is 14.0. The van der Waals surface area contributed by atoms with Gasteiger partial charge < -0.3 is 0 Å². The zero-order valence-electron chi connectivity index (χ0n) is 9.89. The molecule has 0 saturated carbocycles. The molecule has 1 N–H and O–H groups in total. The Morgan fingerprint density at radius 3 is 2.63 bits per heavy atom. The standard InChI is InChI=1S/C12H10ClFN2O2S/c1-8-6-10(4-5-15-8)16-19(17,18)12-3-2-9(14)7-11(12)13/h2-7H,1H3,(H,15,16). The molecule has 0 unspecified atom stereocenters. The van der Waals surface area contributed by atoms with Gasteiger partial charge in [-0.2, -0.15) is 0 Å². The molecule has 19 heavy (non-hydrogen) atoms. The summed E-state index contributed by atoms with van der Waals surface area (Å²) in [4.78, 5) is 3.79. The molecule has 0 bridgehead atoms. The van der Waals surface area contributed by atoms with Gasteiger partial charge >= 0.3 is 0 Å². The second-order valence-corrected chi connectivity index (χ2v) is 5.92. The Hall–Kier alpha value is -1.66. The summed E-state index contributed by atoms with van der Waals surface area (Å²) in [5, 5.41) is -0.168. The van der Waals surface area contributed by atoms with Crippen molar-refractivity contribution in [2.75, 3.05) is 4.72 Å². The van der Waals surface area contributed by atoms with Gasteiger partial charge in [-0.25, -0.2) is 12.8 Å². The highest BCUT2D eigenvalue weighted by Crippen LogP contribution is 2.24. The largest absolute Gasteiger partial charge is 0.279 e. The van der Waals surface area contributed by atoms with E-state index in [4.69, 9.17) is 11.6 Å². The monoisotopic (exact) mass is 300 g/mol. The van der Waals surface area contributed by atoms with Crippen LogP contribution in [0.15, 0.2) is 41.4 Å². The van der Waals surface area contributed by atoms with Gasteiger partial charge in [0, 0.05) is 11.9 Å². The number of sulfonamides is 1. The summed E-state index contributed by atoms with van der Waals surface area (Å²) in [6.45, 7) is 1.74. The van der Waals surface area contributed by atoms with Crippen LogP contribution in [-0.2, 0) is 10.0 Å². The highest BCUT2D eigenvalue weighted by molar-refractivity contribution is 7.92. The molecule has 2 rings (SSSR count). The summed E-state index contributed by atoms with van der Waals surface area (Å²) in [6.07, 6.45) is 1.49. The third-order valence-corrected chi connectivity index (χ3v) is 4.20. The van der Waals surface area contributed by atoms with E-state index in [1.165, 1.54) is 12.3 Å². The van der Waals surface area contributed by atoms with Crippen molar-refractivity contribution in [3.8, 4) is 0 Å². The average Bonchev–Trinajstić information content (AvgIpc) is 2.27.